The summed E-state index contributed by atoms with van der Waals surface area (Å²) >= 11 is 5.87. The minimum Gasteiger partial charge on any atom is -0.338 e. The molecule has 1 aliphatic rings. The van der Waals surface area contributed by atoms with Gasteiger partial charge in [0.05, 0.1) is 9.82 Å². The van der Waals surface area contributed by atoms with Gasteiger partial charge < -0.3 is 4.90 Å². The summed E-state index contributed by atoms with van der Waals surface area (Å²) in [6.07, 6.45) is 1.01. The Balaban J connectivity index is 2.02. The first-order valence-electron chi connectivity index (χ1n) is 9.18. The molecule has 29 heavy (non-hydrogen) atoms. The molecule has 2 atom stereocenters. The van der Waals surface area contributed by atoms with Crippen molar-refractivity contribution in [3.8, 4) is 0 Å². The van der Waals surface area contributed by atoms with E-state index in [0.717, 1.165) is 18.6 Å². The number of sulfone groups is 1. The molecule has 0 N–H and O–H groups in total. The fourth-order valence-electron chi connectivity index (χ4n) is 3.79. The van der Waals surface area contributed by atoms with Gasteiger partial charge >= 0.3 is 0 Å². The lowest BCUT2D eigenvalue weighted by Gasteiger charge is -2.35. The fraction of sp³-hybridized carbons (Fsp3) is 0.350. The van der Waals surface area contributed by atoms with Crippen LogP contribution in [0, 0.1) is 22.0 Å². The van der Waals surface area contributed by atoms with Crippen molar-refractivity contribution >= 4 is 33.0 Å². The summed E-state index contributed by atoms with van der Waals surface area (Å²) in [4.78, 5) is 24.8. The maximum absolute atomic E-state index is 12.9. The zero-order chi connectivity index (χ0) is 21.3. The topological polar surface area (TPSA) is 97.6 Å². The molecule has 0 aromatic heterocycles. The molecule has 0 aliphatic carbocycles. The van der Waals surface area contributed by atoms with Gasteiger partial charge in [-0.25, -0.2) is 8.42 Å². The average Bonchev–Trinajstić information content (AvgIpc) is 2.66. The second-order valence-electron chi connectivity index (χ2n) is 7.56. The summed E-state index contributed by atoms with van der Waals surface area (Å²) < 4.78 is 25.8. The Morgan fingerprint density at radius 3 is 2.38 bits per heavy atom. The van der Waals surface area contributed by atoms with Crippen molar-refractivity contribution in [3.05, 3.63) is 63.2 Å². The fourth-order valence-corrected chi connectivity index (χ4v) is 5.50. The van der Waals surface area contributed by atoms with Crippen LogP contribution in [-0.2, 0) is 9.84 Å². The third-order valence-electron chi connectivity index (χ3n) is 4.95. The molecular weight excluding hydrogens is 416 g/mol. The van der Waals surface area contributed by atoms with Crippen LogP contribution in [-0.4, -0.2) is 37.2 Å². The number of nitro groups is 1. The Bertz CT molecular complexity index is 1060. The predicted octanol–water partition coefficient (Wildman–Crippen LogP) is 4.20. The van der Waals surface area contributed by atoms with Crippen molar-refractivity contribution in [1.29, 1.82) is 0 Å². The van der Waals surface area contributed by atoms with Crippen LogP contribution >= 0.6 is 11.6 Å². The molecule has 0 saturated carbocycles. The first-order chi connectivity index (χ1) is 13.6. The van der Waals surface area contributed by atoms with Crippen LogP contribution in [0.15, 0.2) is 52.3 Å². The smallest absolute Gasteiger partial charge is 0.289 e. The number of piperidine rings is 1. The summed E-state index contributed by atoms with van der Waals surface area (Å²) in [5.41, 5.74) is -0.531. The number of likely N-dealkylation sites (tertiary alicyclic amines) is 1. The molecule has 1 aliphatic heterocycles. The van der Waals surface area contributed by atoms with Gasteiger partial charge in [0.15, 0.2) is 0 Å². The monoisotopic (exact) mass is 436 g/mol. The molecule has 0 unspecified atom stereocenters. The zero-order valence-corrected chi connectivity index (χ0v) is 17.6. The molecule has 0 radical (unpaired) electrons. The van der Waals surface area contributed by atoms with Crippen LogP contribution in [0.5, 0.6) is 0 Å². The van der Waals surface area contributed by atoms with Crippen LogP contribution < -0.4 is 0 Å². The highest BCUT2D eigenvalue weighted by atomic mass is 35.5. The molecule has 2 aromatic rings. The number of carbonyl (C=O) groups excluding carboxylic acids is 1. The standard InChI is InChI=1S/C20H21ClN2O5S/c1-13-8-14(2)12-22(11-13)20(24)15-6-7-19(18(9-15)23(25)26)29(27,28)17-5-3-4-16(21)10-17/h3-7,9-10,13-14H,8,11-12H2,1-2H3/t13-,14+. The highest BCUT2D eigenvalue weighted by Crippen LogP contribution is 2.32. The zero-order valence-electron chi connectivity index (χ0n) is 16.0. The second kappa shape index (κ2) is 8.12. The van der Waals surface area contributed by atoms with Crippen molar-refractivity contribution < 1.29 is 18.1 Å². The van der Waals surface area contributed by atoms with E-state index in [1.165, 1.54) is 30.3 Å². The maximum atomic E-state index is 12.9. The van der Waals surface area contributed by atoms with Crippen molar-refractivity contribution in [2.24, 2.45) is 11.8 Å². The molecule has 1 fully saturated rings. The van der Waals surface area contributed by atoms with E-state index in [9.17, 15) is 23.3 Å². The average molecular weight is 437 g/mol. The van der Waals surface area contributed by atoms with Crippen molar-refractivity contribution in [3.63, 3.8) is 0 Å². The number of hydrogen-bond acceptors (Lipinski definition) is 5. The molecule has 1 heterocycles. The lowest BCUT2D eigenvalue weighted by Crippen LogP contribution is -2.42. The number of amides is 1. The lowest BCUT2D eigenvalue weighted by molar-refractivity contribution is -0.387. The number of hydrogen-bond donors (Lipinski definition) is 0. The van der Waals surface area contributed by atoms with Gasteiger partial charge in [-0.1, -0.05) is 31.5 Å². The molecule has 1 saturated heterocycles. The number of nitro benzene ring substituents is 1. The Morgan fingerprint density at radius 1 is 1.14 bits per heavy atom. The molecule has 2 aromatic carbocycles. The summed E-state index contributed by atoms with van der Waals surface area (Å²) in [7, 11) is -4.17. The SMILES string of the molecule is C[C@@H]1C[C@H](C)CN(C(=O)c2ccc(S(=O)(=O)c3cccc(Cl)c3)c([N+](=O)[O-])c2)C1. The largest absolute Gasteiger partial charge is 0.338 e. The Morgan fingerprint density at radius 2 is 1.79 bits per heavy atom. The van der Waals surface area contributed by atoms with E-state index < -0.39 is 25.3 Å². The van der Waals surface area contributed by atoms with E-state index >= 15 is 0 Å². The Hall–Kier alpha value is -2.45. The number of benzene rings is 2. The predicted molar refractivity (Wildman–Crippen MR) is 109 cm³/mol. The number of carbonyl (C=O) groups is 1. The van der Waals surface area contributed by atoms with Crippen molar-refractivity contribution in [2.75, 3.05) is 13.1 Å². The summed E-state index contributed by atoms with van der Waals surface area (Å²) in [5.74, 6) is 0.332. The van der Waals surface area contributed by atoms with Gasteiger partial charge in [-0.05, 0) is 48.6 Å². The second-order valence-corrected chi connectivity index (χ2v) is 9.91. The van der Waals surface area contributed by atoms with Gasteiger partial charge in [0, 0.05) is 29.7 Å². The summed E-state index contributed by atoms with van der Waals surface area (Å²) in [6, 6.07) is 9.02. The van der Waals surface area contributed by atoms with Gasteiger partial charge in [0.1, 0.15) is 4.90 Å². The van der Waals surface area contributed by atoms with Gasteiger partial charge in [-0.3, -0.25) is 14.9 Å². The molecule has 1 amide bonds. The van der Waals surface area contributed by atoms with E-state index in [0.29, 0.717) is 24.9 Å². The van der Waals surface area contributed by atoms with E-state index in [-0.39, 0.29) is 21.4 Å². The lowest BCUT2D eigenvalue weighted by atomic mass is 9.91. The maximum Gasteiger partial charge on any atom is 0.289 e. The van der Waals surface area contributed by atoms with E-state index in [4.69, 9.17) is 11.6 Å². The van der Waals surface area contributed by atoms with E-state index in [2.05, 4.69) is 13.8 Å². The van der Waals surface area contributed by atoms with E-state index in [1.54, 1.807) is 4.90 Å². The molecular formula is C20H21ClN2O5S. The van der Waals surface area contributed by atoms with Gasteiger partial charge in [-0.15, -0.1) is 0 Å². The molecule has 0 spiro atoms. The summed E-state index contributed by atoms with van der Waals surface area (Å²) in [6.45, 7) is 5.25. The van der Waals surface area contributed by atoms with Gasteiger partial charge in [0.2, 0.25) is 9.84 Å². The quantitative estimate of drug-likeness (QED) is 0.528. The normalized spacial score (nSPS) is 19.8. The van der Waals surface area contributed by atoms with Crippen LogP contribution in [0.3, 0.4) is 0 Å². The van der Waals surface area contributed by atoms with Crippen LogP contribution in [0.1, 0.15) is 30.6 Å². The number of nitrogens with zero attached hydrogens (tertiary/aromatic N) is 2. The minimum atomic E-state index is -4.17. The van der Waals surface area contributed by atoms with E-state index in [1.807, 2.05) is 0 Å². The first kappa shape index (κ1) is 21.3. The Kier molecular flexibility index (Phi) is 5.95. The molecule has 154 valence electrons. The molecule has 7 nitrogen and oxygen atoms in total. The summed E-state index contributed by atoms with van der Waals surface area (Å²) in [5, 5.41) is 11.8. The number of halogens is 1. The first-order valence-corrected chi connectivity index (χ1v) is 11.0. The number of rotatable bonds is 4. The third kappa shape index (κ3) is 4.43. The van der Waals surface area contributed by atoms with Crippen molar-refractivity contribution in [1.82, 2.24) is 4.90 Å². The Labute approximate surface area is 174 Å². The molecule has 3 rings (SSSR count). The molecule has 0 bridgehead atoms. The van der Waals surface area contributed by atoms with Crippen LogP contribution in [0.2, 0.25) is 5.02 Å². The van der Waals surface area contributed by atoms with Gasteiger partial charge in [-0.2, -0.15) is 0 Å². The minimum absolute atomic E-state index is 0.100. The van der Waals surface area contributed by atoms with Crippen molar-refractivity contribution in [2.45, 2.75) is 30.1 Å². The van der Waals surface area contributed by atoms with Gasteiger partial charge in [0.25, 0.3) is 11.6 Å². The third-order valence-corrected chi connectivity index (χ3v) is 6.99. The van der Waals surface area contributed by atoms with Crippen LogP contribution in [0.25, 0.3) is 0 Å². The van der Waals surface area contributed by atoms with Crippen LogP contribution in [0.4, 0.5) is 5.69 Å². The highest BCUT2D eigenvalue weighted by Gasteiger charge is 2.31. The highest BCUT2D eigenvalue weighted by molar-refractivity contribution is 7.91. The molecule has 9 heteroatoms.